The second-order valence-electron chi connectivity index (χ2n) is 10.1. The molecule has 1 aromatic heterocycles. The smallest absolute Gasteiger partial charge is 0.222 e. The van der Waals surface area contributed by atoms with E-state index in [4.69, 9.17) is 21.3 Å². The number of methoxy groups -OCH3 is 1. The van der Waals surface area contributed by atoms with Gasteiger partial charge in [-0.15, -0.1) is 0 Å². The predicted molar refractivity (Wildman–Crippen MR) is 153 cm³/mol. The van der Waals surface area contributed by atoms with Crippen LogP contribution in [0.5, 0.6) is 0 Å². The molecular formula is C28H34Br2ClN3O3. The first-order valence-electron chi connectivity index (χ1n) is 13.0. The number of carbonyl (C=O) groups is 2. The van der Waals surface area contributed by atoms with Gasteiger partial charge in [-0.2, -0.15) is 0 Å². The third-order valence-electron chi connectivity index (χ3n) is 7.68. The summed E-state index contributed by atoms with van der Waals surface area (Å²) in [5.41, 5.74) is 5.03. The molecule has 6 nitrogen and oxygen atoms in total. The van der Waals surface area contributed by atoms with E-state index in [1.807, 2.05) is 17.2 Å². The van der Waals surface area contributed by atoms with Crippen LogP contribution in [0.2, 0.25) is 5.02 Å². The van der Waals surface area contributed by atoms with Gasteiger partial charge in [-0.25, -0.2) is 0 Å². The number of ether oxygens (including phenoxy) is 1. The molecule has 1 N–H and O–H groups in total. The van der Waals surface area contributed by atoms with Gasteiger partial charge in [0.15, 0.2) is 0 Å². The van der Waals surface area contributed by atoms with Gasteiger partial charge in [-0.3, -0.25) is 14.6 Å². The molecule has 200 valence electrons. The number of halogens is 3. The molecule has 0 spiro atoms. The number of rotatable bonds is 10. The molecule has 1 saturated heterocycles. The highest BCUT2D eigenvalue weighted by Crippen LogP contribution is 2.46. The van der Waals surface area contributed by atoms with Gasteiger partial charge in [0, 0.05) is 59.2 Å². The summed E-state index contributed by atoms with van der Waals surface area (Å²) < 4.78 is 7.30. The van der Waals surface area contributed by atoms with Gasteiger partial charge in [0.2, 0.25) is 12.3 Å². The molecule has 2 aliphatic rings. The molecule has 4 rings (SSSR count). The fraction of sp³-hybridized carbons (Fsp3) is 0.536. The highest BCUT2D eigenvalue weighted by atomic mass is 79.9. The van der Waals surface area contributed by atoms with Crippen LogP contribution in [0.25, 0.3) is 0 Å². The van der Waals surface area contributed by atoms with Gasteiger partial charge < -0.3 is 15.0 Å². The van der Waals surface area contributed by atoms with Crippen molar-refractivity contribution in [2.75, 3.05) is 33.4 Å². The van der Waals surface area contributed by atoms with E-state index < -0.39 is 0 Å². The standard InChI is InChI=1S/C28H34Br2ClN3O3/c1-37-16-18(14-32-17-35)3-2-4-25(36)34-9-7-19(8-10-34)27-26-20(12-23(31)13-24(26)30)5-6-21-11-22(29)15-33-28(21)27/h11-13,15,17-19,27H,2-10,14,16H2,1H3,(H,32,35). The van der Waals surface area contributed by atoms with E-state index in [2.05, 4.69) is 49.3 Å². The second-order valence-corrected chi connectivity index (χ2v) is 12.3. The van der Waals surface area contributed by atoms with E-state index in [1.165, 1.54) is 16.7 Å². The lowest BCUT2D eigenvalue weighted by Gasteiger charge is -2.37. The molecule has 0 bridgehead atoms. The number of nitrogens with zero attached hydrogens (tertiary/aromatic N) is 2. The molecule has 0 saturated carbocycles. The van der Waals surface area contributed by atoms with Gasteiger partial charge >= 0.3 is 0 Å². The molecule has 1 fully saturated rings. The number of carbonyl (C=O) groups excluding carboxylic acids is 2. The zero-order valence-electron chi connectivity index (χ0n) is 21.2. The Kier molecular flexibility index (Phi) is 10.4. The fourth-order valence-electron chi connectivity index (χ4n) is 5.91. The number of likely N-dealkylation sites (tertiary alicyclic amines) is 1. The average molecular weight is 656 g/mol. The Bertz CT molecular complexity index is 1110. The Balaban J connectivity index is 1.44. The Morgan fingerprint density at radius 3 is 2.73 bits per heavy atom. The lowest BCUT2D eigenvalue weighted by molar-refractivity contribution is -0.132. The first-order chi connectivity index (χ1) is 17.9. The lowest BCUT2D eigenvalue weighted by Crippen LogP contribution is -2.40. The van der Waals surface area contributed by atoms with Gasteiger partial charge in [-0.1, -0.05) is 27.5 Å². The number of piperidine rings is 1. The molecule has 2 amide bonds. The van der Waals surface area contributed by atoms with Crippen molar-refractivity contribution in [2.45, 2.75) is 50.9 Å². The van der Waals surface area contributed by atoms with E-state index in [9.17, 15) is 9.59 Å². The number of hydrogen-bond donors (Lipinski definition) is 1. The summed E-state index contributed by atoms with van der Waals surface area (Å²) in [5, 5.41) is 3.47. The van der Waals surface area contributed by atoms with Crippen LogP contribution in [0.15, 0.2) is 33.3 Å². The summed E-state index contributed by atoms with van der Waals surface area (Å²) >= 11 is 13.9. The van der Waals surface area contributed by atoms with E-state index in [0.29, 0.717) is 31.9 Å². The fourth-order valence-corrected chi connectivity index (χ4v) is 7.41. The van der Waals surface area contributed by atoms with Crippen LogP contribution in [-0.4, -0.2) is 55.6 Å². The minimum atomic E-state index is 0.171. The van der Waals surface area contributed by atoms with Crippen molar-refractivity contribution in [2.24, 2.45) is 11.8 Å². The van der Waals surface area contributed by atoms with E-state index in [1.54, 1.807) is 7.11 Å². The zero-order valence-corrected chi connectivity index (χ0v) is 25.1. The van der Waals surface area contributed by atoms with Crippen molar-refractivity contribution in [3.8, 4) is 0 Å². The summed E-state index contributed by atoms with van der Waals surface area (Å²) in [6, 6.07) is 6.31. The number of aromatic nitrogens is 1. The van der Waals surface area contributed by atoms with Gasteiger partial charge in [0.1, 0.15) is 0 Å². The van der Waals surface area contributed by atoms with Crippen LogP contribution in [0.4, 0.5) is 0 Å². The Morgan fingerprint density at radius 2 is 2.00 bits per heavy atom. The van der Waals surface area contributed by atoms with Gasteiger partial charge in [0.25, 0.3) is 0 Å². The van der Waals surface area contributed by atoms with Crippen molar-refractivity contribution < 1.29 is 14.3 Å². The molecule has 9 heteroatoms. The maximum absolute atomic E-state index is 13.0. The number of nitrogens with one attached hydrogen (secondary N) is 1. The quantitative estimate of drug-likeness (QED) is 0.324. The minimum absolute atomic E-state index is 0.171. The van der Waals surface area contributed by atoms with Crippen molar-refractivity contribution in [3.63, 3.8) is 0 Å². The maximum atomic E-state index is 13.0. The highest BCUT2D eigenvalue weighted by molar-refractivity contribution is 9.10. The molecule has 1 aliphatic carbocycles. The maximum Gasteiger partial charge on any atom is 0.222 e. The van der Waals surface area contributed by atoms with E-state index in [0.717, 1.165) is 71.3 Å². The van der Waals surface area contributed by atoms with Crippen molar-refractivity contribution >= 4 is 55.8 Å². The van der Waals surface area contributed by atoms with Gasteiger partial charge in [-0.05, 0) is 101 Å². The zero-order chi connectivity index (χ0) is 26.4. The SMILES string of the molecule is COCC(CCCC(=O)N1CCC(C2c3ncc(Br)cc3CCc3cc(Cl)cc(Br)c32)CC1)CNC=O. The first kappa shape index (κ1) is 28.5. The predicted octanol–water partition coefficient (Wildman–Crippen LogP) is 5.91. The highest BCUT2D eigenvalue weighted by Gasteiger charge is 2.36. The summed E-state index contributed by atoms with van der Waals surface area (Å²) in [7, 11) is 1.66. The van der Waals surface area contributed by atoms with E-state index >= 15 is 0 Å². The van der Waals surface area contributed by atoms with Crippen LogP contribution in [0.3, 0.4) is 0 Å². The molecule has 2 heterocycles. The van der Waals surface area contributed by atoms with Crippen LogP contribution in [0.1, 0.15) is 60.4 Å². The second kappa shape index (κ2) is 13.5. The first-order valence-corrected chi connectivity index (χ1v) is 14.9. The molecular weight excluding hydrogens is 622 g/mol. The average Bonchev–Trinajstić information content (AvgIpc) is 3.04. The molecule has 0 radical (unpaired) electrons. The summed E-state index contributed by atoms with van der Waals surface area (Å²) in [5.74, 6) is 1.01. The molecule has 37 heavy (non-hydrogen) atoms. The van der Waals surface area contributed by atoms with Crippen LogP contribution in [-0.2, 0) is 27.2 Å². The Labute approximate surface area is 241 Å². The normalized spacial score (nSPS) is 18.5. The summed E-state index contributed by atoms with van der Waals surface area (Å²) in [4.78, 5) is 30.6. The van der Waals surface area contributed by atoms with Crippen molar-refractivity contribution in [3.05, 3.63) is 60.7 Å². The molecule has 2 unspecified atom stereocenters. The largest absolute Gasteiger partial charge is 0.384 e. The third-order valence-corrected chi connectivity index (χ3v) is 8.98. The van der Waals surface area contributed by atoms with E-state index in [-0.39, 0.29) is 17.7 Å². The summed E-state index contributed by atoms with van der Waals surface area (Å²) in [6.45, 7) is 2.68. The third kappa shape index (κ3) is 7.14. The van der Waals surface area contributed by atoms with Crippen molar-refractivity contribution in [1.82, 2.24) is 15.2 Å². The summed E-state index contributed by atoms with van der Waals surface area (Å²) in [6.07, 6.45) is 8.54. The van der Waals surface area contributed by atoms with Crippen molar-refractivity contribution in [1.29, 1.82) is 0 Å². The monoisotopic (exact) mass is 653 g/mol. The molecule has 1 aliphatic heterocycles. The van der Waals surface area contributed by atoms with Crippen LogP contribution in [0, 0.1) is 11.8 Å². The van der Waals surface area contributed by atoms with Gasteiger partial charge in [0.05, 0.1) is 12.3 Å². The number of amides is 2. The number of pyridine rings is 1. The minimum Gasteiger partial charge on any atom is -0.384 e. The number of fused-ring (bicyclic) bond motifs is 2. The van der Waals surface area contributed by atoms with Crippen LogP contribution >= 0.6 is 43.5 Å². The molecule has 2 atom stereocenters. The topological polar surface area (TPSA) is 71.5 Å². The number of aryl methyl sites for hydroxylation is 2. The molecule has 2 aromatic rings. The Morgan fingerprint density at radius 1 is 1.24 bits per heavy atom. The Hall–Kier alpha value is -1.48. The number of hydrogen-bond acceptors (Lipinski definition) is 4. The molecule has 1 aromatic carbocycles. The number of benzene rings is 1. The van der Waals surface area contributed by atoms with Crippen LogP contribution < -0.4 is 5.32 Å². The lowest BCUT2D eigenvalue weighted by atomic mass is 9.76.